The lowest BCUT2D eigenvalue weighted by molar-refractivity contribution is -0.149. The molecule has 1 fully saturated rings. The van der Waals surface area contributed by atoms with Gasteiger partial charge in [-0.05, 0) is 129 Å². The van der Waals surface area contributed by atoms with Crippen molar-refractivity contribution in [2.24, 2.45) is 41.2 Å². The number of H-pyrrole nitrogens is 2. The summed E-state index contributed by atoms with van der Waals surface area (Å²) >= 11 is 0. The van der Waals surface area contributed by atoms with Gasteiger partial charge in [0.25, 0.3) is 0 Å². The molecule has 1 saturated heterocycles. The fourth-order valence-electron chi connectivity index (χ4n) is 10.9. The van der Waals surface area contributed by atoms with Gasteiger partial charge in [-0.25, -0.2) is 0 Å². The van der Waals surface area contributed by atoms with Crippen LogP contribution in [0.25, 0.3) is 24.3 Å². The molecule has 5 heterocycles. The molecule has 0 aromatic carbocycles. The summed E-state index contributed by atoms with van der Waals surface area (Å²) in [5.41, 5.74) is 16.9. The van der Waals surface area contributed by atoms with Crippen molar-refractivity contribution in [3.05, 3.63) is 90.7 Å². The molecule has 0 radical (unpaired) electrons. The Morgan fingerprint density at radius 2 is 1.57 bits per heavy atom. The number of aromatic amines is 2. The minimum Gasteiger partial charge on any atom is -0.461 e. The smallest absolute Gasteiger partial charge is 0.322 e. The summed E-state index contributed by atoms with van der Waals surface area (Å²) < 4.78 is 11.2. The van der Waals surface area contributed by atoms with E-state index in [9.17, 15) is 14.4 Å². The Morgan fingerprint density at radius 3 is 2.23 bits per heavy atom. The Bertz CT molecular complexity index is 2350. The maximum atomic E-state index is 14.5. The van der Waals surface area contributed by atoms with E-state index >= 15 is 0 Å². The molecule has 1 unspecified atom stereocenters. The van der Waals surface area contributed by atoms with Crippen LogP contribution in [0, 0.1) is 49.4 Å². The Kier molecular flexibility index (Phi) is 16.9. The number of esters is 2. The number of aromatic nitrogens is 2. The molecule has 354 valence electrons. The molecule has 10 heteroatoms. The molecule has 1 aliphatic carbocycles. The second kappa shape index (κ2) is 22.1. The van der Waals surface area contributed by atoms with Crippen LogP contribution in [0.1, 0.15) is 160 Å². The fraction of sp³-hybridized carbons (Fsp3) is 0.582. The van der Waals surface area contributed by atoms with Gasteiger partial charge in [-0.3, -0.25) is 20.1 Å². The summed E-state index contributed by atoms with van der Waals surface area (Å²) in [4.78, 5) is 49.1. The van der Waals surface area contributed by atoms with Crippen LogP contribution >= 0.6 is 0 Å². The first-order valence-corrected chi connectivity index (χ1v) is 24.8. The number of carbonyl (C=O) groups is 3. The number of Topliss-reactive ketones (excluding diaryl/α,β-unsaturated/α-hetero) is 1. The van der Waals surface area contributed by atoms with Crippen LogP contribution < -0.4 is 27.1 Å². The van der Waals surface area contributed by atoms with Crippen LogP contribution in [-0.2, 0) is 30.3 Å². The standard InChI is InChI=1S/C55H79N5O5/c1-12-39-35(8)42-27-44-37(10)41(23-24-48(61)64-26-25-34(7)22-16-21-33(6)20-15-19-32(5)18-14-17-31(3)4)52(59-44)50-51(55(63)65-30-56)54(62)49-38(11)45(60-53(49)50)29-47-40(13-2)36(9)43(58-47)28-46(39)57-42/h12,25,27-29,31-33,37,41,45,51-52,57-60H,1,13-24,26,30,56H2,2-11H3/b34-25+,43-28-,44-27-,47-29-/t32-,33-,37+,41+,45+,51-,52?/m1/s1. The lowest BCUT2D eigenvalue weighted by Gasteiger charge is -2.26. The third-order valence-electron chi connectivity index (χ3n) is 15.0. The summed E-state index contributed by atoms with van der Waals surface area (Å²) in [6.45, 7) is 26.1. The normalized spacial score (nSPS) is 24.2. The number of nitrogens with one attached hydrogen (secondary N) is 4. The van der Waals surface area contributed by atoms with E-state index in [0.29, 0.717) is 23.3 Å². The lowest BCUT2D eigenvalue weighted by Crippen LogP contribution is -2.39. The van der Waals surface area contributed by atoms with E-state index in [-0.39, 0.29) is 49.4 Å². The number of ketones is 1. The molecular formula is C55H79N5O5. The number of fused-ring (bicyclic) bond motifs is 8. The van der Waals surface area contributed by atoms with Gasteiger partial charge in [0.05, 0.1) is 12.1 Å². The average molecular weight is 890 g/mol. The minimum absolute atomic E-state index is 0.0689. The van der Waals surface area contributed by atoms with Gasteiger partial charge in [0.1, 0.15) is 19.3 Å². The second-order valence-electron chi connectivity index (χ2n) is 20.2. The van der Waals surface area contributed by atoms with Gasteiger partial charge in [-0.1, -0.05) is 105 Å². The zero-order valence-corrected chi connectivity index (χ0v) is 41.2. The topological polar surface area (TPSA) is 151 Å². The Labute approximate surface area is 388 Å². The van der Waals surface area contributed by atoms with Crippen molar-refractivity contribution in [3.8, 4) is 0 Å². The molecule has 65 heavy (non-hydrogen) atoms. The third-order valence-corrected chi connectivity index (χ3v) is 15.0. The molecule has 6 rings (SSSR count). The quantitative estimate of drug-likeness (QED) is 0.0360. The third kappa shape index (κ3) is 11.2. The van der Waals surface area contributed by atoms with Crippen LogP contribution in [0.5, 0.6) is 0 Å². The van der Waals surface area contributed by atoms with Crippen molar-refractivity contribution in [1.82, 2.24) is 20.6 Å². The summed E-state index contributed by atoms with van der Waals surface area (Å²) in [7, 11) is 0. The van der Waals surface area contributed by atoms with E-state index < -0.39 is 17.9 Å². The minimum atomic E-state index is -1.17. The van der Waals surface area contributed by atoms with E-state index in [0.717, 1.165) is 87.1 Å². The monoisotopic (exact) mass is 890 g/mol. The van der Waals surface area contributed by atoms with E-state index in [1.165, 1.54) is 56.1 Å². The van der Waals surface area contributed by atoms with E-state index in [2.05, 4.69) is 108 Å². The van der Waals surface area contributed by atoms with E-state index in [1.54, 1.807) is 0 Å². The van der Waals surface area contributed by atoms with Gasteiger partial charge in [0, 0.05) is 57.0 Å². The number of nitrogens with two attached hydrogens (primary N) is 1. The molecule has 8 bridgehead atoms. The molecule has 6 N–H and O–H groups in total. The molecule has 4 aliphatic rings. The number of carbonyl (C=O) groups excluding carboxylic acids is 3. The van der Waals surface area contributed by atoms with Crippen molar-refractivity contribution in [3.63, 3.8) is 0 Å². The van der Waals surface area contributed by atoms with Crippen molar-refractivity contribution in [1.29, 1.82) is 0 Å². The first-order valence-electron chi connectivity index (χ1n) is 24.8. The Morgan fingerprint density at radius 1 is 0.877 bits per heavy atom. The van der Waals surface area contributed by atoms with Crippen LogP contribution in [-0.4, -0.2) is 53.1 Å². The lowest BCUT2D eigenvalue weighted by atomic mass is 9.80. The Balaban J connectivity index is 1.20. The summed E-state index contributed by atoms with van der Waals surface area (Å²) in [6, 6.07) is -0.751. The average Bonchev–Trinajstić information content (AvgIpc) is 4.00. The predicted octanol–water partition coefficient (Wildman–Crippen LogP) is 9.26. The van der Waals surface area contributed by atoms with Crippen molar-refractivity contribution < 1.29 is 23.9 Å². The van der Waals surface area contributed by atoms with Crippen LogP contribution in [0.4, 0.5) is 0 Å². The maximum Gasteiger partial charge on any atom is 0.322 e. The molecule has 10 nitrogen and oxygen atoms in total. The summed E-state index contributed by atoms with van der Waals surface area (Å²) in [5, 5.41) is 9.46. The number of ether oxygens (including phenoxy) is 2. The van der Waals surface area contributed by atoms with Crippen molar-refractivity contribution in [2.45, 2.75) is 158 Å². The highest BCUT2D eigenvalue weighted by Gasteiger charge is 2.53. The zero-order valence-electron chi connectivity index (χ0n) is 41.2. The van der Waals surface area contributed by atoms with Crippen LogP contribution in [0.2, 0.25) is 0 Å². The van der Waals surface area contributed by atoms with Gasteiger partial charge in [-0.2, -0.15) is 0 Å². The Hall–Kier alpha value is -4.83. The molecule has 3 aliphatic heterocycles. The van der Waals surface area contributed by atoms with Crippen LogP contribution in [0.15, 0.2) is 46.3 Å². The highest BCUT2D eigenvalue weighted by molar-refractivity contribution is 6.17. The predicted molar refractivity (Wildman–Crippen MR) is 264 cm³/mol. The highest BCUT2D eigenvalue weighted by Crippen LogP contribution is 2.47. The number of rotatable bonds is 21. The zero-order chi connectivity index (χ0) is 47.1. The molecule has 0 amide bonds. The second-order valence-corrected chi connectivity index (χ2v) is 20.2. The SMILES string of the molecule is C=Cc1c2[nH]c(c1C)/C=C1\NC(C3=C4N[C@@H](/C=c5\[nH]/c(c(C)c5CC)=C\2)C(C)=C4C(=O)[C@@H]3C(=O)OCN)[C@@H](CCC(=O)OC/C=C(\C)CCC[C@H](C)CCC[C@H](C)CCCC(C)C)[C@@H]1C. The van der Waals surface area contributed by atoms with E-state index in [1.807, 2.05) is 19.1 Å². The van der Waals surface area contributed by atoms with Gasteiger partial charge in [-0.15, -0.1) is 0 Å². The fourth-order valence-corrected chi connectivity index (χ4v) is 10.9. The maximum absolute atomic E-state index is 14.5. The van der Waals surface area contributed by atoms with Gasteiger partial charge in [0.2, 0.25) is 0 Å². The van der Waals surface area contributed by atoms with E-state index in [4.69, 9.17) is 15.2 Å². The van der Waals surface area contributed by atoms with Gasteiger partial charge in [0.15, 0.2) is 5.78 Å². The van der Waals surface area contributed by atoms with Crippen molar-refractivity contribution in [2.75, 3.05) is 13.3 Å². The molecule has 7 atom stereocenters. The summed E-state index contributed by atoms with van der Waals surface area (Å²) in [6.07, 6.45) is 23.2. The number of hydrogen-bond donors (Lipinski definition) is 5. The first-order chi connectivity index (χ1) is 31.1. The molecule has 2 aromatic heterocycles. The van der Waals surface area contributed by atoms with Crippen LogP contribution in [0.3, 0.4) is 0 Å². The molecule has 2 aromatic rings. The highest BCUT2D eigenvalue weighted by atomic mass is 16.5. The largest absolute Gasteiger partial charge is 0.461 e. The molecule has 0 saturated carbocycles. The number of hydrogen-bond acceptors (Lipinski definition) is 8. The molecular weight excluding hydrogens is 811 g/mol. The van der Waals surface area contributed by atoms with Gasteiger partial charge >= 0.3 is 11.9 Å². The van der Waals surface area contributed by atoms with Crippen molar-refractivity contribution >= 4 is 42.0 Å². The first kappa shape index (κ1) is 49.6. The number of allylic oxidation sites excluding steroid dienone is 3. The van der Waals surface area contributed by atoms with Gasteiger partial charge < -0.3 is 30.1 Å². The molecule has 0 spiro atoms. The summed E-state index contributed by atoms with van der Waals surface area (Å²) in [5.74, 6) is -0.287.